The van der Waals surface area contributed by atoms with Gasteiger partial charge in [0.2, 0.25) is 5.91 Å². The summed E-state index contributed by atoms with van der Waals surface area (Å²) in [6.45, 7) is 3.44. The number of nitrogens with one attached hydrogen (secondary N) is 1. The second-order valence-corrected chi connectivity index (χ2v) is 7.71. The molecule has 29 heavy (non-hydrogen) atoms. The van der Waals surface area contributed by atoms with Crippen molar-refractivity contribution in [3.8, 4) is 11.3 Å². The van der Waals surface area contributed by atoms with Gasteiger partial charge in [-0.25, -0.2) is 4.98 Å². The lowest BCUT2D eigenvalue weighted by atomic mass is 10.2. The van der Waals surface area contributed by atoms with Crippen LogP contribution in [0.5, 0.6) is 0 Å². The molecule has 4 aromatic rings. The first kappa shape index (κ1) is 19.2. The highest BCUT2D eigenvalue weighted by Gasteiger charge is 2.18. The molecule has 9 heteroatoms. The van der Waals surface area contributed by atoms with Crippen LogP contribution in [0.1, 0.15) is 11.4 Å². The number of benzene rings is 1. The second kappa shape index (κ2) is 7.73. The molecule has 0 aliphatic heterocycles. The summed E-state index contributed by atoms with van der Waals surface area (Å²) in [6, 6.07) is 8.98. The van der Waals surface area contributed by atoms with Crippen LogP contribution in [0.4, 0.5) is 5.69 Å². The topological polar surface area (TPSA) is 89.8 Å². The maximum Gasteiger partial charge on any atom is 0.273 e. The Labute approximate surface area is 175 Å². The van der Waals surface area contributed by atoms with Gasteiger partial charge in [-0.3, -0.25) is 19.1 Å². The van der Waals surface area contributed by atoms with Crippen molar-refractivity contribution in [3.05, 3.63) is 69.5 Å². The smallest absolute Gasteiger partial charge is 0.273 e. The van der Waals surface area contributed by atoms with Crippen LogP contribution in [0, 0.1) is 13.8 Å². The number of carbonyl (C=O) groups excluding carboxylic acids is 1. The summed E-state index contributed by atoms with van der Waals surface area (Å²) in [5, 5.41) is 3.19. The minimum Gasteiger partial charge on any atom is -0.323 e. The van der Waals surface area contributed by atoms with Crippen LogP contribution in [-0.2, 0) is 11.3 Å². The SMILES string of the molecule is Cc1ccc(NC(=O)Cn2c(C)nc3c(-c4ccncc4)nsc3c2=O)c(Cl)c1. The van der Waals surface area contributed by atoms with Crippen molar-refractivity contribution < 1.29 is 4.79 Å². The van der Waals surface area contributed by atoms with E-state index in [4.69, 9.17) is 11.6 Å². The zero-order valence-electron chi connectivity index (χ0n) is 15.6. The highest BCUT2D eigenvalue weighted by Crippen LogP contribution is 2.27. The van der Waals surface area contributed by atoms with E-state index in [1.807, 2.05) is 25.1 Å². The van der Waals surface area contributed by atoms with Crippen LogP contribution in [-0.4, -0.2) is 24.8 Å². The standard InChI is InChI=1S/C20H16ClN5O2S/c1-11-3-4-15(14(21)9-11)24-16(27)10-26-12(2)23-18-17(13-5-7-22-8-6-13)25-29-19(18)20(26)28/h3-9H,10H2,1-2H3,(H,24,27). The molecule has 0 saturated heterocycles. The van der Waals surface area contributed by atoms with Gasteiger partial charge in [0.25, 0.3) is 5.56 Å². The predicted octanol–water partition coefficient (Wildman–Crippen LogP) is 3.82. The molecule has 0 aliphatic rings. The lowest BCUT2D eigenvalue weighted by Gasteiger charge is -2.11. The number of hydrogen-bond donors (Lipinski definition) is 1. The Morgan fingerprint density at radius 2 is 1.97 bits per heavy atom. The van der Waals surface area contributed by atoms with Gasteiger partial charge >= 0.3 is 0 Å². The molecule has 1 N–H and O–H groups in total. The van der Waals surface area contributed by atoms with Gasteiger partial charge in [0.1, 0.15) is 28.3 Å². The van der Waals surface area contributed by atoms with E-state index in [0.29, 0.717) is 32.4 Å². The normalized spacial score (nSPS) is 11.0. The van der Waals surface area contributed by atoms with E-state index >= 15 is 0 Å². The van der Waals surface area contributed by atoms with Crippen LogP contribution in [0.15, 0.2) is 47.5 Å². The first-order valence-corrected chi connectivity index (χ1v) is 9.92. The van der Waals surface area contributed by atoms with E-state index in [1.54, 1.807) is 31.5 Å². The monoisotopic (exact) mass is 425 g/mol. The maximum atomic E-state index is 13.0. The minimum atomic E-state index is -0.360. The number of amides is 1. The average Bonchev–Trinajstić information content (AvgIpc) is 3.12. The summed E-state index contributed by atoms with van der Waals surface area (Å²) in [5.41, 5.74) is 3.19. The highest BCUT2D eigenvalue weighted by atomic mass is 35.5. The van der Waals surface area contributed by atoms with E-state index in [2.05, 4.69) is 19.7 Å². The van der Waals surface area contributed by atoms with E-state index in [-0.39, 0.29) is 18.0 Å². The third kappa shape index (κ3) is 3.76. The van der Waals surface area contributed by atoms with E-state index in [0.717, 1.165) is 22.7 Å². The molecule has 0 unspecified atom stereocenters. The second-order valence-electron chi connectivity index (χ2n) is 6.53. The zero-order valence-corrected chi connectivity index (χ0v) is 17.2. The summed E-state index contributed by atoms with van der Waals surface area (Å²) in [5.74, 6) is 0.0733. The Hall–Kier alpha value is -3.10. The number of pyridine rings is 1. The van der Waals surface area contributed by atoms with Gasteiger partial charge < -0.3 is 5.32 Å². The van der Waals surface area contributed by atoms with Crippen molar-refractivity contribution in [2.45, 2.75) is 20.4 Å². The van der Waals surface area contributed by atoms with Crippen LogP contribution in [0.25, 0.3) is 21.5 Å². The van der Waals surface area contributed by atoms with Gasteiger partial charge in [-0.2, -0.15) is 4.37 Å². The number of hydrogen-bond acceptors (Lipinski definition) is 6. The molecule has 1 amide bonds. The van der Waals surface area contributed by atoms with Crippen molar-refractivity contribution >= 4 is 44.9 Å². The summed E-state index contributed by atoms with van der Waals surface area (Å²) in [6.07, 6.45) is 3.32. The summed E-state index contributed by atoms with van der Waals surface area (Å²) >= 11 is 7.25. The van der Waals surface area contributed by atoms with Crippen LogP contribution in [0.2, 0.25) is 5.02 Å². The maximum absolute atomic E-state index is 13.0. The number of rotatable bonds is 4. The summed E-state index contributed by atoms with van der Waals surface area (Å²) in [7, 11) is 0. The Balaban J connectivity index is 1.66. The van der Waals surface area contributed by atoms with Crippen molar-refractivity contribution in [1.82, 2.24) is 18.9 Å². The molecule has 0 saturated carbocycles. The molecule has 0 bridgehead atoms. The summed E-state index contributed by atoms with van der Waals surface area (Å²) < 4.78 is 6.14. The van der Waals surface area contributed by atoms with Gasteiger partial charge in [-0.05, 0) is 55.2 Å². The van der Waals surface area contributed by atoms with Crippen LogP contribution < -0.4 is 10.9 Å². The van der Waals surface area contributed by atoms with Gasteiger partial charge in [-0.1, -0.05) is 17.7 Å². The molecule has 1 aromatic carbocycles. The van der Waals surface area contributed by atoms with E-state index in [9.17, 15) is 9.59 Å². The Morgan fingerprint density at radius 3 is 2.69 bits per heavy atom. The van der Waals surface area contributed by atoms with Gasteiger partial charge in [0, 0.05) is 18.0 Å². The highest BCUT2D eigenvalue weighted by molar-refractivity contribution is 7.13. The molecule has 0 radical (unpaired) electrons. The third-order valence-corrected chi connectivity index (χ3v) is 5.56. The largest absolute Gasteiger partial charge is 0.323 e. The number of anilines is 1. The zero-order chi connectivity index (χ0) is 20.5. The number of nitrogens with zero attached hydrogens (tertiary/aromatic N) is 4. The quantitative estimate of drug-likeness (QED) is 0.536. The predicted molar refractivity (Wildman–Crippen MR) is 114 cm³/mol. The molecule has 3 aromatic heterocycles. The molecule has 0 spiro atoms. The molecule has 0 aliphatic carbocycles. The van der Waals surface area contributed by atoms with Crippen molar-refractivity contribution in [3.63, 3.8) is 0 Å². The number of fused-ring (bicyclic) bond motifs is 1. The number of carbonyl (C=O) groups is 1. The minimum absolute atomic E-state index is 0.166. The van der Waals surface area contributed by atoms with Crippen molar-refractivity contribution in [2.24, 2.45) is 0 Å². The molecule has 146 valence electrons. The molecule has 3 heterocycles. The Bertz CT molecular complexity index is 1280. The molecule has 0 atom stereocenters. The van der Waals surface area contributed by atoms with Gasteiger partial charge in [0.15, 0.2) is 0 Å². The molecule has 7 nitrogen and oxygen atoms in total. The Kier molecular flexibility index (Phi) is 5.12. The fourth-order valence-electron chi connectivity index (χ4n) is 2.96. The fraction of sp³-hybridized carbons (Fsp3) is 0.150. The summed E-state index contributed by atoms with van der Waals surface area (Å²) in [4.78, 5) is 34.0. The van der Waals surface area contributed by atoms with Crippen LogP contribution >= 0.6 is 23.1 Å². The molecular weight excluding hydrogens is 410 g/mol. The number of halogens is 1. The first-order valence-electron chi connectivity index (χ1n) is 8.77. The number of aryl methyl sites for hydroxylation is 2. The van der Waals surface area contributed by atoms with Crippen molar-refractivity contribution in [2.75, 3.05) is 5.32 Å². The molecule has 4 rings (SSSR count). The van der Waals surface area contributed by atoms with Gasteiger partial charge in [-0.15, -0.1) is 0 Å². The van der Waals surface area contributed by atoms with Crippen molar-refractivity contribution in [1.29, 1.82) is 0 Å². The lowest BCUT2D eigenvalue weighted by Crippen LogP contribution is -2.29. The average molecular weight is 426 g/mol. The van der Waals surface area contributed by atoms with Gasteiger partial charge in [0.05, 0.1) is 10.7 Å². The van der Waals surface area contributed by atoms with Crippen LogP contribution in [0.3, 0.4) is 0 Å². The molecular formula is C20H16ClN5O2S. The van der Waals surface area contributed by atoms with E-state index in [1.165, 1.54) is 4.57 Å². The lowest BCUT2D eigenvalue weighted by molar-refractivity contribution is -0.116. The third-order valence-electron chi connectivity index (χ3n) is 4.43. The van der Waals surface area contributed by atoms with E-state index < -0.39 is 0 Å². The number of aromatic nitrogens is 4. The Morgan fingerprint density at radius 1 is 1.21 bits per heavy atom. The fourth-order valence-corrected chi connectivity index (χ4v) is 4.04. The first-order chi connectivity index (χ1) is 13.9. The molecule has 0 fully saturated rings.